The molecule has 5 nitrogen and oxygen atoms in total. The lowest BCUT2D eigenvalue weighted by molar-refractivity contribution is -0.122. The van der Waals surface area contributed by atoms with Crippen molar-refractivity contribution in [2.45, 2.75) is 19.4 Å². The molecule has 2 heterocycles. The second-order valence-electron chi connectivity index (χ2n) is 5.01. The first-order chi connectivity index (χ1) is 10.1. The number of hydrogen-bond acceptors (Lipinski definition) is 4. The molecular formula is C14H19F2N3O2. The van der Waals surface area contributed by atoms with Crippen molar-refractivity contribution in [1.82, 2.24) is 15.2 Å². The monoisotopic (exact) mass is 299 g/mol. The van der Waals surface area contributed by atoms with Gasteiger partial charge in [0.15, 0.2) is 0 Å². The quantitative estimate of drug-likeness (QED) is 0.889. The average Bonchev–Trinajstić information content (AvgIpc) is 2.46. The Bertz CT molecular complexity index is 493. The summed E-state index contributed by atoms with van der Waals surface area (Å²) in [5.41, 5.74) is 0.0381. The van der Waals surface area contributed by atoms with Gasteiger partial charge in [0.1, 0.15) is 11.6 Å². The number of nitrogens with zero attached hydrogens (tertiary/aromatic N) is 2. The molecule has 21 heavy (non-hydrogen) atoms. The van der Waals surface area contributed by atoms with E-state index >= 15 is 0 Å². The van der Waals surface area contributed by atoms with E-state index in [1.54, 1.807) is 6.92 Å². The van der Waals surface area contributed by atoms with Gasteiger partial charge in [0.25, 0.3) is 0 Å². The Hall–Kier alpha value is -1.60. The van der Waals surface area contributed by atoms with Crippen molar-refractivity contribution in [3.05, 3.63) is 29.6 Å². The maximum absolute atomic E-state index is 13.6. The van der Waals surface area contributed by atoms with Crippen LogP contribution in [0.2, 0.25) is 0 Å². The standard InChI is InChI=1S/C14H19F2N3O2/c1-10(14-12(16)8-11(15)9-17-14)18-13(20)2-3-19-4-6-21-7-5-19/h8-10H,2-7H2,1H3,(H,18,20)/t10-/m1/s1. The third kappa shape index (κ3) is 4.71. The number of halogens is 2. The minimum Gasteiger partial charge on any atom is -0.379 e. The third-order valence-electron chi connectivity index (χ3n) is 3.38. The molecule has 1 fully saturated rings. The molecule has 0 unspecified atom stereocenters. The molecule has 0 aliphatic carbocycles. The molecule has 1 N–H and O–H groups in total. The summed E-state index contributed by atoms with van der Waals surface area (Å²) in [6, 6.07) is 0.168. The van der Waals surface area contributed by atoms with Gasteiger partial charge in [0.2, 0.25) is 5.91 Å². The van der Waals surface area contributed by atoms with E-state index < -0.39 is 17.7 Å². The zero-order valence-electron chi connectivity index (χ0n) is 11.9. The number of hydrogen-bond donors (Lipinski definition) is 1. The first kappa shape index (κ1) is 15.8. The smallest absolute Gasteiger partial charge is 0.221 e. The van der Waals surface area contributed by atoms with Crippen LogP contribution in [-0.4, -0.2) is 48.6 Å². The summed E-state index contributed by atoms with van der Waals surface area (Å²) in [5.74, 6) is -1.67. The molecule has 1 aromatic heterocycles. The Morgan fingerprint density at radius 1 is 1.48 bits per heavy atom. The van der Waals surface area contributed by atoms with Crippen molar-refractivity contribution in [3.8, 4) is 0 Å². The lowest BCUT2D eigenvalue weighted by Gasteiger charge is -2.26. The van der Waals surface area contributed by atoms with Gasteiger partial charge in [-0.15, -0.1) is 0 Å². The molecule has 7 heteroatoms. The zero-order valence-corrected chi connectivity index (χ0v) is 11.9. The molecule has 1 atom stereocenters. The normalized spacial score (nSPS) is 17.5. The van der Waals surface area contributed by atoms with Crippen LogP contribution in [0.25, 0.3) is 0 Å². The first-order valence-electron chi connectivity index (χ1n) is 6.96. The summed E-state index contributed by atoms with van der Waals surface area (Å²) in [5, 5.41) is 2.67. The van der Waals surface area contributed by atoms with E-state index in [9.17, 15) is 13.6 Å². The van der Waals surface area contributed by atoms with E-state index in [-0.39, 0.29) is 11.6 Å². The predicted octanol–water partition coefficient (Wildman–Crippen LogP) is 1.26. The zero-order chi connectivity index (χ0) is 15.2. The second kappa shape index (κ2) is 7.42. The molecule has 1 amide bonds. The topological polar surface area (TPSA) is 54.5 Å². The van der Waals surface area contributed by atoms with Crippen LogP contribution in [0.5, 0.6) is 0 Å². The fraction of sp³-hybridized carbons (Fsp3) is 0.571. The maximum Gasteiger partial charge on any atom is 0.221 e. The van der Waals surface area contributed by atoms with E-state index in [1.165, 1.54) is 0 Å². The first-order valence-corrected chi connectivity index (χ1v) is 6.96. The van der Waals surface area contributed by atoms with Crippen LogP contribution in [0.4, 0.5) is 8.78 Å². The molecular weight excluding hydrogens is 280 g/mol. The van der Waals surface area contributed by atoms with Gasteiger partial charge >= 0.3 is 0 Å². The number of amides is 1. The number of carbonyl (C=O) groups excluding carboxylic acids is 1. The van der Waals surface area contributed by atoms with Crippen molar-refractivity contribution in [1.29, 1.82) is 0 Å². The van der Waals surface area contributed by atoms with Crippen molar-refractivity contribution in [2.24, 2.45) is 0 Å². The van der Waals surface area contributed by atoms with Crippen molar-refractivity contribution in [3.63, 3.8) is 0 Å². The molecule has 1 saturated heterocycles. The summed E-state index contributed by atoms with van der Waals surface area (Å²) in [4.78, 5) is 17.7. The number of morpholine rings is 1. The predicted molar refractivity (Wildman–Crippen MR) is 72.6 cm³/mol. The lowest BCUT2D eigenvalue weighted by Crippen LogP contribution is -2.39. The third-order valence-corrected chi connectivity index (χ3v) is 3.38. The van der Waals surface area contributed by atoms with E-state index in [0.717, 1.165) is 25.4 Å². The van der Waals surface area contributed by atoms with Crippen LogP contribution in [-0.2, 0) is 9.53 Å². The Kier molecular flexibility index (Phi) is 5.58. The Labute approximate surface area is 122 Å². The molecule has 0 radical (unpaired) electrons. The number of ether oxygens (including phenoxy) is 1. The van der Waals surface area contributed by atoms with Gasteiger partial charge in [-0.25, -0.2) is 8.78 Å². The van der Waals surface area contributed by atoms with Gasteiger partial charge in [-0.1, -0.05) is 0 Å². The molecule has 1 aromatic rings. The Balaban J connectivity index is 1.81. The van der Waals surface area contributed by atoms with Crippen LogP contribution < -0.4 is 5.32 Å². The second-order valence-corrected chi connectivity index (χ2v) is 5.01. The molecule has 116 valence electrons. The number of aromatic nitrogens is 1. The Morgan fingerprint density at radius 2 is 2.19 bits per heavy atom. The van der Waals surface area contributed by atoms with Gasteiger partial charge in [-0.3, -0.25) is 14.7 Å². The molecule has 0 spiro atoms. The summed E-state index contributed by atoms with van der Waals surface area (Å²) < 4.78 is 31.6. The van der Waals surface area contributed by atoms with Crippen LogP contribution >= 0.6 is 0 Å². The molecule has 1 aliphatic heterocycles. The van der Waals surface area contributed by atoms with E-state index in [2.05, 4.69) is 15.2 Å². The molecule has 0 saturated carbocycles. The van der Waals surface area contributed by atoms with Crippen molar-refractivity contribution >= 4 is 5.91 Å². The van der Waals surface area contributed by atoms with E-state index in [0.29, 0.717) is 26.2 Å². The van der Waals surface area contributed by atoms with Crippen molar-refractivity contribution in [2.75, 3.05) is 32.8 Å². The van der Waals surface area contributed by atoms with E-state index in [4.69, 9.17) is 4.74 Å². The summed E-state index contributed by atoms with van der Waals surface area (Å²) in [7, 11) is 0. The summed E-state index contributed by atoms with van der Waals surface area (Å²) in [6.45, 7) is 5.26. The molecule has 2 rings (SSSR count). The van der Waals surface area contributed by atoms with Crippen LogP contribution in [0.1, 0.15) is 25.1 Å². The fourth-order valence-electron chi connectivity index (χ4n) is 2.21. The van der Waals surface area contributed by atoms with Crippen LogP contribution in [0.3, 0.4) is 0 Å². The molecule has 0 aromatic carbocycles. The number of nitrogens with one attached hydrogen (secondary N) is 1. The number of carbonyl (C=O) groups is 1. The molecule has 0 bridgehead atoms. The highest BCUT2D eigenvalue weighted by molar-refractivity contribution is 5.76. The van der Waals surface area contributed by atoms with E-state index in [1.807, 2.05) is 0 Å². The number of pyridine rings is 1. The highest BCUT2D eigenvalue weighted by Gasteiger charge is 2.17. The fourth-order valence-corrected chi connectivity index (χ4v) is 2.21. The minimum atomic E-state index is -0.754. The Morgan fingerprint density at radius 3 is 2.86 bits per heavy atom. The van der Waals surface area contributed by atoms with Gasteiger partial charge in [0, 0.05) is 32.1 Å². The summed E-state index contributed by atoms with van der Waals surface area (Å²) >= 11 is 0. The highest BCUT2D eigenvalue weighted by Crippen LogP contribution is 2.14. The molecule has 1 aliphatic rings. The minimum absolute atomic E-state index is 0.0381. The van der Waals surface area contributed by atoms with Gasteiger partial charge in [0.05, 0.1) is 31.1 Å². The highest BCUT2D eigenvalue weighted by atomic mass is 19.1. The largest absolute Gasteiger partial charge is 0.379 e. The van der Waals surface area contributed by atoms with Crippen molar-refractivity contribution < 1.29 is 18.3 Å². The van der Waals surface area contributed by atoms with Crippen LogP contribution in [0, 0.1) is 11.6 Å². The average molecular weight is 299 g/mol. The SMILES string of the molecule is C[C@@H](NC(=O)CCN1CCOCC1)c1ncc(F)cc1F. The van der Waals surface area contributed by atoms with Crippen LogP contribution in [0.15, 0.2) is 12.3 Å². The lowest BCUT2D eigenvalue weighted by atomic mass is 10.2. The maximum atomic E-state index is 13.6. The van der Waals surface area contributed by atoms with Gasteiger partial charge < -0.3 is 10.1 Å². The summed E-state index contributed by atoms with van der Waals surface area (Å²) in [6.07, 6.45) is 1.27. The van der Waals surface area contributed by atoms with Gasteiger partial charge in [-0.05, 0) is 6.92 Å². The number of rotatable bonds is 5. The van der Waals surface area contributed by atoms with Gasteiger partial charge in [-0.2, -0.15) is 0 Å².